The highest BCUT2D eigenvalue weighted by Crippen LogP contribution is 2.20. The molecular formula is C15H19N7OS2. The van der Waals surface area contributed by atoms with Gasteiger partial charge in [0, 0.05) is 10.6 Å². The quantitative estimate of drug-likeness (QED) is 0.502. The van der Waals surface area contributed by atoms with Crippen LogP contribution in [0.1, 0.15) is 29.2 Å². The predicted octanol–water partition coefficient (Wildman–Crippen LogP) is 1.83. The van der Waals surface area contributed by atoms with Gasteiger partial charge in [0.1, 0.15) is 0 Å². The molecule has 3 rings (SSSR count). The van der Waals surface area contributed by atoms with Crippen molar-refractivity contribution < 1.29 is 4.79 Å². The highest BCUT2D eigenvalue weighted by molar-refractivity contribution is 7.99. The van der Waals surface area contributed by atoms with Gasteiger partial charge in [0.25, 0.3) is 5.95 Å². The normalized spacial score (nSPS) is 12.3. The molecule has 0 saturated carbocycles. The van der Waals surface area contributed by atoms with Gasteiger partial charge >= 0.3 is 0 Å². The number of nitrogens with one attached hydrogen (secondary N) is 1. The van der Waals surface area contributed by atoms with Crippen LogP contribution in [0.15, 0.2) is 28.7 Å². The zero-order chi connectivity index (χ0) is 18.0. The van der Waals surface area contributed by atoms with Gasteiger partial charge in [0.2, 0.25) is 11.1 Å². The molecule has 8 nitrogen and oxygen atoms in total. The molecule has 0 aliphatic rings. The molecular weight excluding hydrogens is 358 g/mol. The van der Waals surface area contributed by atoms with Gasteiger partial charge in [-0.05, 0) is 38.3 Å². The van der Waals surface area contributed by atoms with E-state index < -0.39 is 0 Å². The fraction of sp³-hybridized carbons (Fsp3) is 0.333. The second kappa shape index (κ2) is 7.28. The van der Waals surface area contributed by atoms with Gasteiger partial charge in [0.15, 0.2) is 0 Å². The number of nitrogens with two attached hydrogens (primary N) is 1. The minimum atomic E-state index is -0.0819. The number of aromatic nitrogens is 5. The Hall–Kier alpha value is -2.33. The second-order valence-corrected chi connectivity index (χ2v) is 7.51. The molecule has 0 aliphatic carbocycles. The Bertz CT molecular complexity index is 869. The molecule has 0 bridgehead atoms. The second-order valence-electron chi connectivity index (χ2n) is 5.58. The molecule has 0 saturated heterocycles. The molecule has 0 radical (unpaired) electrons. The van der Waals surface area contributed by atoms with Gasteiger partial charge in [-0.15, -0.1) is 21.5 Å². The zero-order valence-electron chi connectivity index (χ0n) is 14.1. The van der Waals surface area contributed by atoms with Gasteiger partial charge in [-0.3, -0.25) is 4.79 Å². The molecule has 25 heavy (non-hydrogen) atoms. The highest BCUT2D eigenvalue weighted by atomic mass is 32.2. The average molecular weight is 377 g/mol. The molecule has 10 heteroatoms. The highest BCUT2D eigenvalue weighted by Gasteiger charge is 2.17. The number of thioether (sulfide) groups is 1. The Morgan fingerprint density at radius 1 is 1.44 bits per heavy atom. The summed E-state index contributed by atoms with van der Waals surface area (Å²) in [4.78, 5) is 13.2. The molecule has 0 aliphatic heterocycles. The molecule has 3 aromatic rings. The molecule has 3 heterocycles. The predicted molar refractivity (Wildman–Crippen MR) is 98.4 cm³/mol. The summed E-state index contributed by atoms with van der Waals surface area (Å²) in [5.74, 6) is 6.60. The molecule has 0 fully saturated rings. The lowest BCUT2D eigenvalue weighted by Gasteiger charge is -2.11. The summed E-state index contributed by atoms with van der Waals surface area (Å²) in [6.07, 6.45) is 0. The molecule has 1 amide bonds. The standard InChI is InChI=1S/C15H19N7OS2/c1-9-7-10(2)22(20-9)14-18-19-15(21(14)16)25-8-13(23)17-11(3)12-5-4-6-24-12/h4-7,11H,8,16H2,1-3H3,(H,17,23)/t11-/m0/s1. The van der Waals surface area contributed by atoms with Crippen molar-refractivity contribution in [3.8, 4) is 5.95 Å². The van der Waals surface area contributed by atoms with Gasteiger partial charge < -0.3 is 11.2 Å². The topological polar surface area (TPSA) is 104 Å². The third-order valence-electron chi connectivity index (χ3n) is 3.53. The summed E-state index contributed by atoms with van der Waals surface area (Å²) < 4.78 is 2.98. The van der Waals surface area contributed by atoms with Crippen LogP contribution < -0.4 is 11.2 Å². The van der Waals surface area contributed by atoms with E-state index in [9.17, 15) is 4.79 Å². The lowest BCUT2D eigenvalue weighted by molar-refractivity contribution is -0.119. The van der Waals surface area contributed by atoms with Crippen molar-refractivity contribution in [1.29, 1.82) is 0 Å². The Labute approximate surface area is 153 Å². The fourth-order valence-electron chi connectivity index (χ4n) is 2.37. The van der Waals surface area contributed by atoms with Crippen LogP contribution in [-0.2, 0) is 4.79 Å². The van der Waals surface area contributed by atoms with Crippen LogP contribution in [0, 0.1) is 13.8 Å². The number of carbonyl (C=O) groups is 1. The first-order chi connectivity index (χ1) is 12.0. The van der Waals surface area contributed by atoms with Crippen LogP contribution in [0.3, 0.4) is 0 Å². The van der Waals surface area contributed by atoms with Gasteiger partial charge in [-0.2, -0.15) is 5.10 Å². The van der Waals surface area contributed by atoms with E-state index in [1.807, 2.05) is 44.4 Å². The number of nitrogens with zero attached hydrogens (tertiary/aromatic N) is 5. The maximum absolute atomic E-state index is 12.1. The summed E-state index contributed by atoms with van der Waals surface area (Å²) >= 11 is 2.85. The maximum Gasteiger partial charge on any atom is 0.271 e. The molecule has 0 spiro atoms. The largest absolute Gasteiger partial charge is 0.348 e. The van der Waals surface area contributed by atoms with E-state index in [2.05, 4.69) is 20.6 Å². The van der Waals surface area contributed by atoms with Crippen LogP contribution in [0.25, 0.3) is 5.95 Å². The van der Waals surface area contributed by atoms with Crippen molar-refractivity contribution >= 4 is 29.0 Å². The van der Waals surface area contributed by atoms with E-state index in [0.717, 1.165) is 16.3 Å². The maximum atomic E-state index is 12.1. The van der Waals surface area contributed by atoms with Gasteiger partial charge in [-0.25, -0.2) is 9.36 Å². The van der Waals surface area contributed by atoms with Crippen molar-refractivity contribution in [1.82, 2.24) is 30.0 Å². The van der Waals surface area contributed by atoms with Crippen LogP contribution in [0.5, 0.6) is 0 Å². The molecule has 0 aromatic carbocycles. The number of thiophene rings is 1. The van der Waals surface area contributed by atoms with E-state index in [1.54, 1.807) is 16.0 Å². The minimum Gasteiger partial charge on any atom is -0.348 e. The summed E-state index contributed by atoms with van der Waals surface area (Å²) in [7, 11) is 0. The molecule has 1 atom stereocenters. The minimum absolute atomic E-state index is 0.0193. The van der Waals surface area contributed by atoms with Crippen molar-refractivity contribution in [2.45, 2.75) is 32.0 Å². The van der Waals surface area contributed by atoms with E-state index >= 15 is 0 Å². The van der Waals surface area contributed by atoms with Crippen molar-refractivity contribution in [3.05, 3.63) is 39.8 Å². The molecule has 3 N–H and O–H groups in total. The van der Waals surface area contributed by atoms with Gasteiger partial charge in [-0.1, -0.05) is 17.8 Å². The number of hydrogen-bond acceptors (Lipinski definition) is 7. The number of amides is 1. The Balaban J connectivity index is 1.62. The van der Waals surface area contributed by atoms with Crippen LogP contribution in [0.2, 0.25) is 0 Å². The lowest BCUT2D eigenvalue weighted by Crippen LogP contribution is -2.28. The Morgan fingerprint density at radius 3 is 2.88 bits per heavy atom. The zero-order valence-corrected chi connectivity index (χ0v) is 15.8. The number of hydrogen-bond donors (Lipinski definition) is 2. The summed E-state index contributed by atoms with van der Waals surface area (Å²) in [5, 5.41) is 17.9. The fourth-order valence-corrected chi connectivity index (χ4v) is 3.76. The first kappa shape index (κ1) is 17.5. The van der Waals surface area contributed by atoms with Crippen LogP contribution in [0.4, 0.5) is 0 Å². The number of nitrogen functional groups attached to an aromatic ring is 1. The Morgan fingerprint density at radius 2 is 2.24 bits per heavy atom. The number of aryl methyl sites for hydroxylation is 2. The number of carbonyl (C=O) groups excluding carboxylic acids is 1. The van der Waals surface area contributed by atoms with Crippen molar-refractivity contribution in [2.24, 2.45) is 0 Å². The SMILES string of the molecule is Cc1cc(C)n(-c2nnc(SCC(=O)N[C@@H](C)c3cccs3)n2N)n1. The number of rotatable bonds is 6. The molecule has 0 unspecified atom stereocenters. The van der Waals surface area contributed by atoms with E-state index in [0.29, 0.717) is 11.1 Å². The third kappa shape index (κ3) is 3.85. The van der Waals surface area contributed by atoms with Crippen LogP contribution in [-0.4, -0.2) is 36.3 Å². The Kier molecular flexibility index (Phi) is 5.09. The van der Waals surface area contributed by atoms with Crippen molar-refractivity contribution in [3.63, 3.8) is 0 Å². The lowest BCUT2D eigenvalue weighted by atomic mass is 10.3. The molecule has 3 aromatic heterocycles. The van der Waals surface area contributed by atoms with Gasteiger partial charge in [0.05, 0.1) is 17.5 Å². The molecule has 132 valence electrons. The van der Waals surface area contributed by atoms with E-state index in [4.69, 9.17) is 5.84 Å². The smallest absolute Gasteiger partial charge is 0.271 e. The summed E-state index contributed by atoms with van der Waals surface area (Å²) in [6.45, 7) is 5.77. The van der Waals surface area contributed by atoms with Crippen molar-refractivity contribution in [2.75, 3.05) is 11.6 Å². The monoisotopic (exact) mass is 377 g/mol. The van der Waals surface area contributed by atoms with E-state index in [-0.39, 0.29) is 17.7 Å². The van der Waals surface area contributed by atoms with E-state index in [1.165, 1.54) is 16.4 Å². The average Bonchev–Trinajstić information content (AvgIpc) is 3.27. The third-order valence-corrected chi connectivity index (χ3v) is 5.52. The summed E-state index contributed by atoms with van der Waals surface area (Å²) in [5.41, 5.74) is 1.78. The van der Waals surface area contributed by atoms with Crippen LogP contribution >= 0.6 is 23.1 Å². The first-order valence-corrected chi connectivity index (χ1v) is 9.52. The first-order valence-electron chi connectivity index (χ1n) is 7.65. The summed E-state index contributed by atoms with van der Waals surface area (Å²) in [6, 6.07) is 5.88.